The van der Waals surface area contributed by atoms with Crippen LogP contribution in [0.3, 0.4) is 0 Å². The molecule has 0 unspecified atom stereocenters. The molecule has 1 heterocycles. The Morgan fingerprint density at radius 3 is 2.38 bits per heavy atom. The van der Waals surface area contributed by atoms with Crippen LogP contribution >= 0.6 is 11.3 Å². The standard InChI is InChI=1S/C26H25F3N4O5S/c1-3-36-22-15-18(14-19(16-30)23(34)31-25-33-32-24(39-25)26(27,28)29)6-9-21(22)38-13-11-35-10-12-37-20-7-4-17(2)5-8-20/h4-9,14-15H,3,10-13H2,1-2H3,(H,31,33,34)/b19-14-. The highest BCUT2D eigenvalue weighted by molar-refractivity contribution is 7.15. The maximum Gasteiger partial charge on any atom is 0.445 e. The lowest BCUT2D eigenvalue weighted by Crippen LogP contribution is -2.13. The summed E-state index contributed by atoms with van der Waals surface area (Å²) in [5.74, 6) is 0.656. The quantitative estimate of drug-likeness (QED) is 0.170. The van der Waals surface area contributed by atoms with Crippen molar-refractivity contribution < 1.29 is 36.9 Å². The summed E-state index contributed by atoms with van der Waals surface area (Å²) in [7, 11) is 0. The van der Waals surface area contributed by atoms with Crippen molar-refractivity contribution in [2.45, 2.75) is 20.0 Å². The summed E-state index contributed by atoms with van der Waals surface area (Å²) in [6.45, 7) is 5.45. The highest BCUT2D eigenvalue weighted by Crippen LogP contribution is 2.33. The van der Waals surface area contributed by atoms with Crippen LogP contribution in [0.15, 0.2) is 48.0 Å². The van der Waals surface area contributed by atoms with Gasteiger partial charge >= 0.3 is 6.18 Å². The molecule has 1 amide bonds. The Hall–Kier alpha value is -4.15. The Bertz CT molecular complexity index is 1320. The van der Waals surface area contributed by atoms with E-state index in [1.165, 1.54) is 6.08 Å². The third-order valence-corrected chi connectivity index (χ3v) is 5.72. The van der Waals surface area contributed by atoms with Crippen LogP contribution in [0, 0.1) is 18.3 Å². The Balaban J connectivity index is 1.53. The van der Waals surface area contributed by atoms with Gasteiger partial charge in [-0.1, -0.05) is 35.1 Å². The van der Waals surface area contributed by atoms with Crippen molar-refractivity contribution in [1.82, 2.24) is 10.2 Å². The van der Waals surface area contributed by atoms with Gasteiger partial charge in [0.2, 0.25) is 10.1 Å². The van der Waals surface area contributed by atoms with E-state index in [1.54, 1.807) is 31.2 Å². The molecule has 0 saturated carbocycles. The molecule has 0 radical (unpaired) electrons. The van der Waals surface area contributed by atoms with Crippen LogP contribution in [0.25, 0.3) is 6.08 Å². The number of amides is 1. The SMILES string of the molecule is CCOc1cc(/C=C(/C#N)C(=O)Nc2nnc(C(F)(F)F)s2)ccc1OCCOCCOc1ccc(C)cc1. The first kappa shape index (κ1) is 29.4. The van der Waals surface area contributed by atoms with Gasteiger partial charge in [0.05, 0.1) is 19.8 Å². The molecule has 1 aromatic heterocycles. The fourth-order valence-corrected chi connectivity index (χ4v) is 3.64. The van der Waals surface area contributed by atoms with Crippen molar-refractivity contribution in [2.24, 2.45) is 0 Å². The molecular formula is C26H25F3N4O5S. The Labute approximate surface area is 226 Å². The van der Waals surface area contributed by atoms with Crippen LogP contribution in [-0.2, 0) is 15.7 Å². The molecule has 0 bridgehead atoms. The number of aryl methyl sites for hydroxylation is 1. The first-order valence-electron chi connectivity index (χ1n) is 11.7. The zero-order chi connectivity index (χ0) is 28.3. The van der Waals surface area contributed by atoms with E-state index in [-0.39, 0.29) is 28.6 Å². The number of nitrogens with zero attached hydrogens (tertiary/aromatic N) is 3. The smallest absolute Gasteiger partial charge is 0.445 e. The average molecular weight is 563 g/mol. The van der Waals surface area contributed by atoms with E-state index in [1.807, 2.05) is 31.2 Å². The normalized spacial score (nSPS) is 11.5. The van der Waals surface area contributed by atoms with Crippen molar-refractivity contribution >= 4 is 28.5 Å². The molecule has 0 fully saturated rings. The van der Waals surface area contributed by atoms with Gasteiger partial charge < -0.3 is 18.9 Å². The zero-order valence-electron chi connectivity index (χ0n) is 21.1. The molecule has 1 N–H and O–H groups in total. The van der Waals surface area contributed by atoms with Gasteiger partial charge in [0, 0.05) is 0 Å². The number of hydrogen-bond donors (Lipinski definition) is 1. The summed E-state index contributed by atoms with van der Waals surface area (Å²) in [5.41, 5.74) is 1.24. The lowest BCUT2D eigenvalue weighted by Gasteiger charge is -2.13. The summed E-state index contributed by atoms with van der Waals surface area (Å²) in [5, 5.41) is 16.3. The van der Waals surface area contributed by atoms with Crippen molar-refractivity contribution in [3.63, 3.8) is 0 Å². The molecule has 0 aliphatic heterocycles. The molecule has 2 aromatic carbocycles. The number of carbonyl (C=O) groups excluding carboxylic acids is 1. The van der Waals surface area contributed by atoms with Crippen LogP contribution in [0.1, 0.15) is 23.1 Å². The minimum absolute atomic E-state index is 0.157. The molecule has 206 valence electrons. The van der Waals surface area contributed by atoms with Crippen LogP contribution in [0.5, 0.6) is 17.2 Å². The van der Waals surface area contributed by atoms with E-state index in [2.05, 4.69) is 15.5 Å². The molecule has 3 rings (SSSR count). The van der Waals surface area contributed by atoms with E-state index in [0.717, 1.165) is 11.3 Å². The number of benzene rings is 2. The average Bonchev–Trinajstić information content (AvgIpc) is 3.38. The maximum absolute atomic E-state index is 12.7. The second kappa shape index (κ2) is 14.1. The van der Waals surface area contributed by atoms with E-state index in [0.29, 0.717) is 43.5 Å². The first-order chi connectivity index (χ1) is 18.7. The molecule has 0 spiro atoms. The van der Waals surface area contributed by atoms with Gasteiger partial charge in [0.25, 0.3) is 5.91 Å². The number of nitriles is 1. The summed E-state index contributed by atoms with van der Waals surface area (Å²) >= 11 is 0.157. The Kier molecular flexibility index (Phi) is 10.7. The van der Waals surface area contributed by atoms with Gasteiger partial charge in [0.1, 0.15) is 30.6 Å². The number of rotatable bonds is 13. The monoisotopic (exact) mass is 562 g/mol. The van der Waals surface area contributed by atoms with Gasteiger partial charge in [-0.05, 0) is 49.8 Å². The number of anilines is 1. The molecule has 0 aliphatic rings. The topological polar surface area (TPSA) is 116 Å². The van der Waals surface area contributed by atoms with Gasteiger partial charge in [-0.15, -0.1) is 10.2 Å². The predicted octanol–water partition coefficient (Wildman–Crippen LogP) is 5.28. The third kappa shape index (κ3) is 9.27. The van der Waals surface area contributed by atoms with Crippen LogP contribution in [0.2, 0.25) is 0 Å². The number of aromatic nitrogens is 2. The van der Waals surface area contributed by atoms with Crippen molar-refractivity contribution in [1.29, 1.82) is 5.26 Å². The number of ether oxygens (including phenoxy) is 4. The predicted molar refractivity (Wildman–Crippen MR) is 138 cm³/mol. The summed E-state index contributed by atoms with van der Waals surface area (Å²) < 4.78 is 60.6. The summed E-state index contributed by atoms with van der Waals surface area (Å²) in [4.78, 5) is 12.4. The maximum atomic E-state index is 12.7. The zero-order valence-corrected chi connectivity index (χ0v) is 21.9. The van der Waals surface area contributed by atoms with Gasteiger partial charge in [-0.3, -0.25) is 10.1 Å². The fraction of sp³-hybridized carbons (Fsp3) is 0.308. The van der Waals surface area contributed by atoms with Gasteiger partial charge in [0.15, 0.2) is 11.5 Å². The van der Waals surface area contributed by atoms with E-state index >= 15 is 0 Å². The van der Waals surface area contributed by atoms with E-state index in [9.17, 15) is 23.2 Å². The highest BCUT2D eigenvalue weighted by atomic mass is 32.1. The largest absolute Gasteiger partial charge is 0.491 e. The molecule has 0 aliphatic carbocycles. The van der Waals surface area contributed by atoms with Gasteiger partial charge in [-0.2, -0.15) is 18.4 Å². The lowest BCUT2D eigenvalue weighted by atomic mass is 10.1. The highest BCUT2D eigenvalue weighted by Gasteiger charge is 2.35. The number of nitrogens with one attached hydrogen (secondary N) is 1. The van der Waals surface area contributed by atoms with E-state index < -0.39 is 17.1 Å². The second-order valence-corrected chi connectivity index (χ2v) is 8.77. The second-order valence-electron chi connectivity index (χ2n) is 7.80. The molecule has 0 atom stereocenters. The molecule has 13 heteroatoms. The van der Waals surface area contributed by atoms with Gasteiger partial charge in [-0.25, -0.2) is 0 Å². The molecular weight excluding hydrogens is 537 g/mol. The molecule has 3 aromatic rings. The minimum Gasteiger partial charge on any atom is -0.491 e. The first-order valence-corrected chi connectivity index (χ1v) is 12.5. The van der Waals surface area contributed by atoms with Crippen molar-refractivity contribution in [3.8, 4) is 23.3 Å². The van der Waals surface area contributed by atoms with Crippen LogP contribution in [0.4, 0.5) is 18.3 Å². The number of hydrogen-bond acceptors (Lipinski definition) is 9. The minimum atomic E-state index is -4.68. The number of carbonyl (C=O) groups is 1. The Morgan fingerprint density at radius 1 is 1.03 bits per heavy atom. The van der Waals surface area contributed by atoms with Crippen molar-refractivity contribution in [2.75, 3.05) is 38.4 Å². The third-order valence-electron chi connectivity index (χ3n) is 4.83. The molecule has 39 heavy (non-hydrogen) atoms. The number of alkyl halides is 3. The van der Waals surface area contributed by atoms with Crippen molar-refractivity contribution in [3.05, 3.63) is 64.2 Å². The molecule has 0 saturated heterocycles. The van der Waals surface area contributed by atoms with Crippen LogP contribution in [-0.4, -0.2) is 49.1 Å². The Morgan fingerprint density at radius 2 is 1.74 bits per heavy atom. The summed E-state index contributed by atoms with van der Waals surface area (Å²) in [6, 6.07) is 14.2. The van der Waals surface area contributed by atoms with Crippen LogP contribution < -0.4 is 19.5 Å². The number of halogens is 3. The summed E-state index contributed by atoms with van der Waals surface area (Å²) in [6.07, 6.45) is -3.42. The fourth-order valence-electron chi connectivity index (χ4n) is 3.04. The lowest BCUT2D eigenvalue weighted by molar-refractivity contribution is -0.138. The van der Waals surface area contributed by atoms with E-state index in [4.69, 9.17) is 18.9 Å². The molecule has 9 nitrogen and oxygen atoms in total.